The molecule has 2 rings (SSSR count). The molecule has 26 heavy (non-hydrogen) atoms. The molecule has 1 amide bonds. The van der Waals surface area contributed by atoms with Crippen LogP contribution in [0.15, 0.2) is 36.4 Å². The van der Waals surface area contributed by atoms with E-state index in [-0.39, 0.29) is 18.1 Å². The van der Waals surface area contributed by atoms with Crippen LogP contribution >= 0.6 is 0 Å². The first-order valence-corrected chi connectivity index (χ1v) is 8.84. The van der Waals surface area contributed by atoms with Gasteiger partial charge in [-0.3, -0.25) is 4.79 Å². The molecule has 0 aliphatic rings. The van der Waals surface area contributed by atoms with Crippen LogP contribution in [0.1, 0.15) is 42.3 Å². The van der Waals surface area contributed by atoms with Crippen molar-refractivity contribution < 1.29 is 14.3 Å². The fourth-order valence-electron chi connectivity index (χ4n) is 2.65. The maximum absolute atomic E-state index is 12.6. The SMILES string of the molecule is Cc1cc(C(=O)Nc2cccc(OC(C)C)c2)cc(C)c1OCC(C)N. The van der Waals surface area contributed by atoms with Crippen LogP contribution in [0.4, 0.5) is 5.69 Å². The van der Waals surface area contributed by atoms with Crippen LogP contribution in [0.3, 0.4) is 0 Å². The number of aryl methyl sites for hydroxylation is 2. The van der Waals surface area contributed by atoms with Gasteiger partial charge in [-0.2, -0.15) is 0 Å². The monoisotopic (exact) mass is 356 g/mol. The van der Waals surface area contributed by atoms with Crippen LogP contribution in [0.2, 0.25) is 0 Å². The Morgan fingerprint density at radius 1 is 1.12 bits per heavy atom. The Morgan fingerprint density at radius 2 is 1.77 bits per heavy atom. The maximum atomic E-state index is 12.6. The smallest absolute Gasteiger partial charge is 0.255 e. The second-order valence-electron chi connectivity index (χ2n) is 6.88. The van der Waals surface area contributed by atoms with Gasteiger partial charge in [0.2, 0.25) is 0 Å². The summed E-state index contributed by atoms with van der Waals surface area (Å²) in [5.74, 6) is 1.34. The molecule has 0 saturated heterocycles. The molecule has 0 saturated carbocycles. The van der Waals surface area contributed by atoms with E-state index in [0.717, 1.165) is 22.6 Å². The van der Waals surface area contributed by atoms with Crippen LogP contribution in [0.25, 0.3) is 0 Å². The van der Waals surface area contributed by atoms with Gasteiger partial charge in [0.1, 0.15) is 18.1 Å². The molecule has 140 valence electrons. The Balaban J connectivity index is 2.15. The molecule has 0 radical (unpaired) electrons. The average molecular weight is 356 g/mol. The highest BCUT2D eigenvalue weighted by atomic mass is 16.5. The van der Waals surface area contributed by atoms with E-state index in [1.807, 2.05) is 71.0 Å². The number of rotatable bonds is 7. The number of ether oxygens (including phenoxy) is 2. The molecule has 2 aromatic carbocycles. The van der Waals surface area contributed by atoms with E-state index in [9.17, 15) is 4.79 Å². The van der Waals surface area contributed by atoms with E-state index in [2.05, 4.69) is 5.32 Å². The van der Waals surface area contributed by atoms with Crippen LogP contribution < -0.4 is 20.5 Å². The molecule has 5 nitrogen and oxygen atoms in total. The van der Waals surface area contributed by atoms with Gasteiger partial charge in [0.05, 0.1) is 6.10 Å². The van der Waals surface area contributed by atoms with Crippen molar-refractivity contribution in [1.29, 1.82) is 0 Å². The molecule has 0 spiro atoms. The van der Waals surface area contributed by atoms with Crippen molar-refractivity contribution in [3.8, 4) is 11.5 Å². The van der Waals surface area contributed by atoms with E-state index in [4.69, 9.17) is 15.2 Å². The summed E-state index contributed by atoms with van der Waals surface area (Å²) in [5.41, 5.74) is 8.85. The number of benzene rings is 2. The molecule has 0 aliphatic carbocycles. The van der Waals surface area contributed by atoms with Crippen molar-refractivity contribution in [3.63, 3.8) is 0 Å². The Hall–Kier alpha value is -2.53. The first-order chi connectivity index (χ1) is 12.3. The third kappa shape index (κ3) is 5.49. The van der Waals surface area contributed by atoms with Gasteiger partial charge in [0.15, 0.2) is 0 Å². The van der Waals surface area contributed by atoms with E-state index >= 15 is 0 Å². The maximum Gasteiger partial charge on any atom is 0.255 e. The molecule has 3 N–H and O–H groups in total. The van der Waals surface area contributed by atoms with Gasteiger partial charge in [-0.05, 0) is 70.0 Å². The minimum atomic E-state index is -0.170. The van der Waals surface area contributed by atoms with Crippen molar-refractivity contribution in [1.82, 2.24) is 0 Å². The summed E-state index contributed by atoms with van der Waals surface area (Å²) in [6, 6.07) is 11.0. The number of hydrogen-bond donors (Lipinski definition) is 2. The fraction of sp³-hybridized carbons (Fsp3) is 0.381. The Bertz CT molecular complexity index is 747. The zero-order valence-electron chi connectivity index (χ0n) is 16.1. The molecule has 0 fully saturated rings. The lowest BCUT2D eigenvalue weighted by atomic mass is 10.0. The van der Waals surface area contributed by atoms with Gasteiger partial charge >= 0.3 is 0 Å². The number of amides is 1. The van der Waals surface area contributed by atoms with E-state index < -0.39 is 0 Å². The van der Waals surface area contributed by atoms with Gasteiger partial charge in [-0.1, -0.05) is 6.07 Å². The topological polar surface area (TPSA) is 73.6 Å². The first kappa shape index (κ1) is 19.8. The van der Waals surface area contributed by atoms with E-state index in [1.54, 1.807) is 0 Å². The van der Waals surface area contributed by atoms with Gasteiger partial charge in [-0.25, -0.2) is 0 Å². The lowest BCUT2D eigenvalue weighted by Gasteiger charge is -2.16. The number of nitrogens with two attached hydrogens (primary N) is 1. The molecule has 0 bridgehead atoms. The fourth-order valence-corrected chi connectivity index (χ4v) is 2.65. The van der Waals surface area contributed by atoms with Gasteiger partial charge < -0.3 is 20.5 Å². The van der Waals surface area contributed by atoms with E-state index in [0.29, 0.717) is 17.9 Å². The van der Waals surface area contributed by atoms with Crippen LogP contribution in [-0.2, 0) is 0 Å². The lowest BCUT2D eigenvalue weighted by molar-refractivity contribution is 0.102. The highest BCUT2D eigenvalue weighted by molar-refractivity contribution is 6.04. The summed E-state index contributed by atoms with van der Waals surface area (Å²) in [6.07, 6.45) is 0.0787. The van der Waals surface area contributed by atoms with Crippen LogP contribution in [0.5, 0.6) is 11.5 Å². The first-order valence-electron chi connectivity index (χ1n) is 8.84. The standard InChI is InChI=1S/C21H28N2O3/c1-13(2)26-19-8-6-7-18(11-19)23-21(24)17-9-14(3)20(15(4)10-17)25-12-16(5)22/h6-11,13,16H,12,22H2,1-5H3,(H,23,24). The minimum absolute atomic E-state index is 0.0443. The number of carbonyl (C=O) groups is 1. The third-order valence-corrected chi connectivity index (χ3v) is 3.68. The lowest BCUT2D eigenvalue weighted by Crippen LogP contribution is -2.24. The van der Waals surface area contributed by atoms with Crippen molar-refractivity contribution >= 4 is 11.6 Å². The minimum Gasteiger partial charge on any atom is -0.491 e. The zero-order chi connectivity index (χ0) is 19.3. The molecule has 0 heterocycles. The number of carbonyl (C=O) groups excluding carboxylic acids is 1. The normalized spacial score (nSPS) is 12.0. The molecule has 0 aromatic heterocycles. The highest BCUT2D eigenvalue weighted by Crippen LogP contribution is 2.26. The Morgan fingerprint density at radius 3 is 2.35 bits per heavy atom. The molecular weight excluding hydrogens is 328 g/mol. The second-order valence-corrected chi connectivity index (χ2v) is 6.88. The van der Waals surface area contributed by atoms with Crippen molar-refractivity contribution in [2.24, 2.45) is 5.73 Å². The van der Waals surface area contributed by atoms with Crippen LogP contribution in [-0.4, -0.2) is 24.7 Å². The van der Waals surface area contributed by atoms with Gasteiger partial charge in [0, 0.05) is 23.4 Å². The summed E-state index contributed by atoms with van der Waals surface area (Å²) >= 11 is 0. The molecule has 1 atom stereocenters. The summed E-state index contributed by atoms with van der Waals surface area (Å²) in [6.45, 7) is 10.1. The van der Waals surface area contributed by atoms with Gasteiger partial charge in [0.25, 0.3) is 5.91 Å². The van der Waals surface area contributed by atoms with Crippen molar-refractivity contribution in [2.75, 3.05) is 11.9 Å². The van der Waals surface area contributed by atoms with Gasteiger partial charge in [-0.15, -0.1) is 0 Å². The summed E-state index contributed by atoms with van der Waals surface area (Å²) in [4.78, 5) is 12.6. The predicted octanol–water partition coefficient (Wildman–Crippen LogP) is 4.07. The Kier molecular flexibility index (Phi) is 6.64. The number of nitrogens with one attached hydrogen (secondary N) is 1. The zero-order valence-corrected chi connectivity index (χ0v) is 16.1. The molecule has 2 aromatic rings. The molecule has 0 aliphatic heterocycles. The third-order valence-electron chi connectivity index (χ3n) is 3.68. The summed E-state index contributed by atoms with van der Waals surface area (Å²) in [5, 5.41) is 2.92. The Labute approximate surface area is 155 Å². The quantitative estimate of drug-likeness (QED) is 0.784. The molecular formula is C21H28N2O3. The second kappa shape index (κ2) is 8.72. The van der Waals surface area contributed by atoms with Crippen molar-refractivity contribution in [3.05, 3.63) is 53.1 Å². The van der Waals surface area contributed by atoms with E-state index in [1.165, 1.54) is 0 Å². The van der Waals surface area contributed by atoms with Crippen molar-refractivity contribution in [2.45, 2.75) is 46.8 Å². The highest BCUT2D eigenvalue weighted by Gasteiger charge is 2.13. The average Bonchev–Trinajstić information content (AvgIpc) is 2.53. The molecule has 1 unspecified atom stereocenters. The summed E-state index contributed by atoms with van der Waals surface area (Å²) in [7, 11) is 0. The number of anilines is 1. The van der Waals surface area contributed by atoms with Crippen LogP contribution in [0, 0.1) is 13.8 Å². The largest absolute Gasteiger partial charge is 0.491 e. The molecule has 5 heteroatoms. The number of hydrogen-bond acceptors (Lipinski definition) is 4. The predicted molar refractivity (Wildman–Crippen MR) is 105 cm³/mol. The summed E-state index contributed by atoms with van der Waals surface area (Å²) < 4.78 is 11.4.